The Labute approximate surface area is 119 Å². The fraction of sp³-hybridized carbons (Fsp3) is 0.167. The zero-order valence-electron chi connectivity index (χ0n) is 11.5. The topological polar surface area (TPSA) is 37.3 Å². The van der Waals surface area contributed by atoms with Gasteiger partial charge in [0.15, 0.2) is 0 Å². The molecule has 0 amide bonds. The van der Waals surface area contributed by atoms with Crippen LogP contribution in [0, 0.1) is 5.92 Å². The Kier molecular flexibility index (Phi) is 4.72. The molecule has 2 heteroatoms. The van der Waals surface area contributed by atoms with Crippen molar-refractivity contribution in [2.45, 2.75) is 13.3 Å². The van der Waals surface area contributed by atoms with E-state index < -0.39 is 11.9 Å². The SMILES string of the molecule is CCC(/C=C/c1ccc(-c2ccccc2)cc1)C(=O)O. The lowest BCUT2D eigenvalue weighted by atomic mass is 10.0. The van der Waals surface area contributed by atoms with E-state index in [2.05, 4.69) is 24.3 Å². The second-order valence-corrected chi connectivity index (χ2v) is 4.70. The minimum atomic E-state index is -0.773. The summed E-state index contributed by atoms with van der Waals surface area (Å²) < 4.78 is 0. The molecule has 20 heavy (non-hydrogen) atoms. The zero-order chi connectivity index (χ0) is 14.4. The molecule has 0 bridgehead atoms. The third-order valence-corrected chi connectivity index (χ3v) is 3.30. The number of carboxylic acid groups (broad SMARTS) is 1. The summed E-state index contributed by atoms with van der Waals surface area (Å²) in [5.74, 6) is -1.19. The lowest BCUT2D eigenvalue weighted by molar-refractivity contribution is -0.140. The van der Waals surface area contributed by atoms with E-state index in [1.54, 1.807) is 6.08 Å². The summed E-state index contributed by atoms with van der Waals surface area (Å²) in [6.45, 7) is 1.88. The van der Waals surface area contributed by atoms with Crippen LogP contribution in [0.4, 0.5) is 0 Å². The highest BCUT2D eigenvalue weighted by molar-refractivity contribution is 5.74. The van der Waals surface area contributed by atoms with Crippen molar-refractivity contribution >= 4 is 12.0 Å². The van der Waals surface area contributed by atoms with Crippen LogP contribution in [0.25, 0.3) is 17.2 Å². The van der Waals surface area contributed by atoms with Gasteiger partial charge in [0.25, 0.3) is 0 Å². The molecular weight excluding hydrogens is 248 g/mol. The largest absolute Gasteiger partial charge is 0.481 e. The van der Waals surface area contributed by atoms with Gasteiger partial charge in [-0.3, -0.25) is 4.79 Å². The van der Waals surface area contributed by atoms with Gasteiger partial charge in [0.1, 0.15) is 0 Å². The third kappa shape index (κ3) is 3.58. The van der Waals surface area contributed by atoms with Crippen LogP contribution < -0.4 is 0 Å². The molecule has 0 aliphatic carbocycles. The minimum Gasteiger partial charge on any atom is -0.481 e. The average molecular weight is 266 g/mol. The van der Waals surface area contributed by atoms with Gasteiger partial charge in [-0.25, -0.2) is 0 Å². The summed E-state index contributed by atoms with van der Waals surface area (Å²) >= 11 is 0. The number of aliphatic carboxylic acids is 1. The molecule has 2 aromatic carbocycles. The Balaban J connectivity index is 2.13. The van der Waals surface area contributed by atoms with Crippen LogP contribution in [0.5, 0.6) is 0 Å². The molecule has 2 aromatic rings. The van der Waals surface area contributed by atoms with Gasteiger partial charge in [0.2, 0.25) is 0 Å². The monoisotopic (exact) mass is 266 g/mol. The summed E-state index contributed by atoms with van der Waals surface area (Å²) in [7, 11) is 0. The van der Waals surface area contributed by atoms with Crippen molar-refractivity contribution in [2.24, 2.45) is 5.92 Å². The number of carboxylic acids is 1. The zero-order valence-corrected chi connectivity index (χ0v) is 11.5. The molecule has 1 atom stereocenters. The van der Waals surface area contributed by atoms with Crippen molar-refractivity contribution in [2.75, 3.05) is 0 Å². The number of rotatable bonds is 5. The first-order valence-corrected chi connectivity index (χ1v) is 6.77. The molecule has 2 nitrogen and oxygen atoms in total. The Hall–Kier alpha value is -2.35. The third-order valence-electron chi connectivity index (χ3n) is 3.30. The number of hydrogen-bond acceptors (Lipinski definition) is 1. The van der Waals surface area contributed by atoms with Gasteiger partial charge in [-0.1, -0.05) is 73.7 Å². The van der Waals surface area contributed by atoms with Crippen LogP contribution in [0.15, 0.2) is 60.7 Å². The molecule has 0 saturated heterocycles. The van der Waals surface area contributed by atoms with E-state index in [9.17, 15) is 4.79 Å². The number of hydrogen-bond donors (Lipinski definition) is 1. The van der Waals surface area contributed by atoms with Gasteiger partial charge in [0.05, 0.1) is 5.92 Å². The fourth-order valence-electron chi connectivity index (χ4n) is 2.04. The molecule has 0 saturated carbocycles. The summed E-state index contributed by atoms with van der Waals surface area (Å²) in [4.78, 5) is 10.9. The first-order chi connectivity index (χ1) is 9.70. The van der Waals surface area contributed by atoms with E-state index in [4.69, 9.17) is 5.11 Å². The second-order valence-electron chi connectivity index (χ2n) is 4.70. The van der Waals surface area contributed by atoms with Crippen LogP contribution in [0.3, 0.4) is 0 Å². The van der Waals surface area contributed by atoms with E-state index >= 15 is 0 Å². The number of benzene rings is 2. The molecule has 0 aromatic heterocycles. The van der Waals surface area contributed by atoms with Crippen molar-refractivity contribution in [3.05, 3.63) is 66.2 Å². The molecule has 0 fully saturated rings. The van der Waals surface area contributed by atoms with Crippen molar-refractivity contribution in [3.8, 4) is 11.1 Å². The molecule has 1 N–H and O–H groups in total. The molecule has 0 heterocycles. The highest BCUT2D eigenvalue weighted by Gasteiger charge is 2.09. The molecule has 1 unspecified atom stereocenters. The van der Waals surface area contributed by atoms with Gasteiger partial charge in [-0.15, -0.1) is 0 Å². The van der Waals surface area contributed by atoms with Crippen LogP contribution in [0.2, 0.25) is 0 Å². The van der Waals surface area contributed by atoms with E-state index in [1.807, 2.05) is 43.3 Å². The van der Waals surface area contributed by atoms with Crippen molar-refractivity contribution in [1.82, 2.24) is 0 Å². The van der Waals surface area contributed by atoms with E-state index in [-0.39, 0.29) is 0 Å². The fourth-order valence-corrected chi connectivity index (χ4v) is 2.04. The van der Waals surface area contributed by atoms with Gasteiger partial charge >= 0.3 is 5.97 Å². The van der Waals surface area contributed by atoms with Gasteiger partial charge < -0.3 is 5.11 Å². The standard InChI is InChI=1S/C18H18O2/c1-2-15(18(19)20)11-8-14-9-12-17(13-10-14)16-6-4-3-5-7-16/h3-13,15H,2H2,1H3,(H,19,20)/b11-8+. The molecule has 2 rings (SSSR count). The average Bonchev–Trinajstić information content (AvgIpc) is 2.49. The van der Waals surface area contributed by atoms with Crippen molar-refractivity contribution in [3.63, 3.8) is 0 Å². The van der Waals surface area contributed by atoms with Gasteiger partial charge in [0, 0.05) is 0 Å². The molecular formula is C18H18O2. The maximum Gasteiger partial charge on any atom is 0.310 e. The Morgan fingerprint density at radius 3 is 2.20 bits per heavy atom. The maximum absolute atomic E-state index is 10.9. The Bertz CT molecular complexity index is 583. The molecule has 0 spiro atoms. The smallest absolute Gasteiger partial charge is 0.310 e. The molecule has 0 aliphatic rings. The summed E-state index contributed by atoms with van der Waals surface area (Å²) in [5, 5.41) is 8.99. The van der Waals surface area contributed by atoms with Crippen LogP contribution in [0.1, 0.15) is 18.9 Å². The lowest BCUT2D eigenvalue weighted by Gasteiger charge is -2.04. The van der Waals surface area contributed by atoms with Crippen LogP contribution in [-0.2, 0) is 4.79 Å². The highest BCUT2D eigenvalue weighted by Crippen LogP contribution is 2.20. The van der Waals surface area contributed by atoms with Crippen molar-refractivity contribution < 1.29 is 9.90 Å². The normalized spacial score (nSPS) is 12.4. The molecule has 0 aliphatic heterocycles. The predicted molar refractivity (Wildman–Crippen MR) is 82.3 cm³/mol. The summed E-state index contributed by atoms with van der Waals surface area (Å²) in [6, 6.07) is 18.3. The van der Waals surface area contributed by atoms with E-state index in [0.717, 1.165) is 11.1 Å². The molecule has 0 radical (unpaired) electrons. The van der Waals surface area contributed by atoms with E-state index in [1.165, 1.54) is 5.56 Å². The number of carbonyl (C=O) groups is 1. The predicted octanol–water partition coefficient (Wildman–Crippen LogP) is 4.48. The highest BCUT2D eigenvalue weighted by atomic mass is 16.4. The van der Waals surface area contributed by atoms with Crippen LogP contribution >= 0.6 is 0 Å². The maximum atomic E-state index is 10.9. The molecule has 102 valence electrons. The van der Waals surface area contributed by atoms with Gasteiger partial charge in [-0.2, -0.15) is 0 Å². The lowest BCUT2D eigenvalue weighted by Crippen LogP contribution is -2.08. The minimum absolute atomic E-state index is 0.413. The first kappa shape index (κ1) is 14.1. The Morgan fingerprint density at radius 1 is 1.05 bits per heavy atom. The quantitative estimate of drug-likeness (QED) is 0.866. The van der Waals surface area contributed by atoms with Gasteiger partial charge in [-0.05, 0) is 23.1 Å². The van der Waals surface area contributed by atoms with Crippen LogP contribution in [-0.4, -0.2) is 11.1 Å². The van der Waals surface area contributed by atoms with Crippen molar-refractivity contribution in [1.29, 1.82) is 0 Å². The van der Waals surface area contributed by atoms with E-state index in [0.29, 0.717) is 6.42 Å². The summed E-state index contributed by atoms with van der Waals surface area (Å²) in [5.41, 5.74) is 3.36. The first-order valence-electron chi connectivity index (χ1n) is 6.77. The second kappa shape index (κ2) is 6.71. The summed E-state index contributed by atoms with van der Waals surface area (Å²) in [6.07, 6.45) is 4.23. The Morgan fingerprint density at radius 2 is 1.65 bits per heavy atom.